The second kappa shape index (κ2) is 8.14. The quantitative estimate of drug-likeness (QED) is 0.658. The molecule has 30 heavy (non-hydrogen) atoms. The number of H-pyrrole nitrogens is 1. The van der Waals surface area contributed by atoms with Crippen LogP contribution in [0.15, 0.2) is 36.9 Å². The minimum atomic E-state index is 0.152. The third-order valence-electron chi connectivity index (χ3n) is 6.48. The summed E-state index contributed by atoms with van der Waals surface area (Å²) in [6.45, 7) is 5.97. The molecular formula is C23H29N7. The summed E-state index contributed by atoms with van der Waals surface area (Å²) < 4.78 is 0. The van der Waals surface area contributed by atoms with E-state index in [0.29, 0.717) is 0 Å². The van der Waals surface area contributed by atoms with Crippen LogP contribution in [0.5, 0.6) is 0 Å². The van der Waals surface area contributed by atoms with Crippen molar-refractivity contribution in [3.05, 3.63) is 65.4 Å². The minimum Gasteiger partial charge on any atom is -0.369 e. The number of nitrogens with one attached hydrogen (secondary N) is 2. The first kappa shape index (κ1) is 19.2. The number of piperidine rings is 1. The molecule has 156 valence electrons. The fourth-order valence-corrected chi connectivity index (χ4v) is 5.13. The van der Waals surface area contributed by atoms with Crippen molar-refractivity contribution >= 4 is 5.82 Å². The van der Waals surface area contributed by atoms with E-state index < -0.39 is 0 Å². The minimum absolute atomic E-state index is 0.152. The van der Waals surface area contributed by atoms with Gasteiger partial charge in [0.15, 0.2) is 0 Å². The van der Waals surface area contributed by atoms with Gasteiger partial charge in [-0.25, -0.2) is 15.0 Å². The number of likely N-dealkylation sites (tertiary alicyclic amines) is 1. The monoisotopic (exact) mass is 403 g/mol. The SMILES string of the molecule is Cc1nc(NCCc2ccccn2)c2c(n1)C1(CCCN(Cc3cnc[nH]3)C1)CC2. The highest BCUT2D eigenvalue weighted by molar-refractivity contribution is 5.52. The normalized spacial score (nSPS) is 21.1. The predicted molar refractivity (Wildman–Crippen MR) is 116 cm³/mol. The van der Waals surface area contributed by atoms with Crippen LogP contribution in [0.25, 0.3) is 0 Å². The maximum atomic E-state index is 4.98. The van der Waals surface area contributed by atoms with Crippen LogP contribution in [-0.4, -0.2) is 49.5 Å². The number of imidazole rings is 1. The summed E-state index contributed by atoms with van der Waals surface area (Å²) in [5, 5.41) is 3.59. The average molecular weight is 404 g/mol. The first-order chi connectivity index (χ1) is 14.7. The van der Waals surface area contributed by atoms with Gasteiger partial charge in [-0.15, -0.1) is 0 Å². The fourth-order valence-electron chi connectivity index (χ4n) is 5.13. The van der Waals surface area contributed by atoms with Crippen molar-refractivity contribution < 1.29 is 0 Å². The second-order valence-corrected chi connectivity index (χ2v) is 8.62. The summed E-state index contributed by atoms with van der Waals surface area (Å²) in [6, 6.07) is 6.07. The van der Waals surface area contributed by atoms with E-state index in [4.69, 9.17) is 9.97 Å². The van der Waals surface area contributed by atoms with Crippen LogP contribution in [0.4, 0.5) is 5.82 Å². The molecule has 2 aliphatic rings. The smallest absolute Gasteiger partial charge is 0.133 e. The number of anilines is 1. The number of aromatic amines is 1. The highest BCUT2D eigenvalue weighted by Gasteiger charge is 2.44. The van der Waals surface area contributed by atoms with Crippen molar-refractivity contribution in [2.45, 2.75) is 51.0 Å². The largest absolute Gasteiger partial charge is 0.369 e. The van der Waals surface area contributed by atoms with Gasteiger partial charge in [0.25, 0.3) is 0 Å². The fraction of sp³-hybridized carbons (Fsp3) is 0.478. The number of rotatable bonds is 6. The van der Waals surface area contributed by atoms with Gasteiger partial charge in [-0.05, 0) is 51.3 Å². The van der Waals surface area contributed by atoms with E-state index in [1.807, 2.05) is 31.5 Å². The molecule has 1 saturated heterocycles. The van der Waals surface area contributed by atoms with Crippen LogP contribution in [-0.2, 0) is 24.8 Å². The van der Waals surface area contributed by atoms with Crippen LogP contribution in [0.1, 0.15) is 47.7 Å². The van der Waals surface area contributed by atoms with E-state index >= 15 is 0 Å². The van der Waals surface area contributed by atoms with E-state index in [0.717, 1.165) is 62.8 Å². The summed E-state index contributed by atoms with van der Waals surface area (Å²) in [5.41, 5.74) is 5.04. The molecular weight excluding hydrogens is 374 g/mol. The summed E-state index contributed by atoms with van der Waals surface area (Å²) in [4.78, 5) is 24.1. The van der Waals surface area contributed by atoms with Gasteiger partial charge in [-0.3, -0.25) is 9.88 Å². The molecule has 0 radical (unpaired) electrons. The van der Waals surface area contributed by atoms with Crippen molar-refractivity contribution in [3.8, 4) is 0 Å². The first-order valence-electron chi connectivity index (χ1n) is 10.9. The maximum Gasteiger partial charge on any atom is 0.133 e. The van der Waals surface area contributed by atoms with Gasteiger partial charge in [0.05, 0.1) is 12.0 Å². The lowest BCUT2D eigenvalue weighted by molar-refractivity contribution is 0.135. The van der Waals surface area contributed by atoms with E-state index in [1.54, 1.807) is 6.33 Å². The highest BCUT2D eigenvalue weighted by Crippen LogP contribution is 2.46. The summed E-state index contributed by atoms with van der Waals surface area (Å²) >= 11 is 0. The van der Waals surface area contributed by atoms with Gasteiger partial charge < -0.3 is 10.3 Å². The topological polar surface area (TPSA) is 82.6 Å². The molecule has 0 saturated carbocycles. The zero-order chi connectivity index (χ0) is 20.4. The van der Waals surface area contributed by atoms with Gasteiger partial charge in [-0.2, -0.15) is 0 Å². The molecule has 1 aliphatic carbocycles. The first-order valence-corrected chi connectivity index (χ1v) is 10.9. The van der Waals surface area contributed by atoms with Crippen LogP contribution in [0, 0.1) is 6.92 Å². The van der Waals surface area contributed by atoms with Crippen LogP contribution >= 0.6 is 0 Å². The molecule has 1 spiro atoms. The highest BCUT2D eigenvalue weighted by atomic mass is 15.2. The Morgan fingerprint density at radius 1 is 1.23 bits per heavy atom. The zero-order valence-electron chi connectivity index (χ0n) is 17.6. The van der Waals surface area contributed by atoms with E-state index in [-0.39, 0.29) is 5.41 Å². The molecule has 3 aromatic rings. The van der Waals surface area contributed by atoms with Crippen molar-refractivity contribution in [3.63, 3.8) is 0 Å². The maximum absolute atomic E-state index is 4.98. The molecule has 1 unspecified atom stereocenters. The number of nitrogens with zero attached hydrogens (tertiary/aromatic N) is 5. The Labute approximate surface area is 177 Å². The Hall–Kier alpha value is -2.80. The molecule has 0 bridgehead atoms. The molecule has 1 atom stereocenters. The molecule has 4 heterocycles. The Balaban J connectivity index is 1.33. The predicted octanol–water partition coefficient (Wildman–Crippen LogP) is 3.04. The molecule has 7 nitrogen and oxygen atoms in total. The standard InChI is InChI=1S/C23H29N7/c1-17-28-21-20(22(29-17)26-11-7-18-5-2-3-10-25-18)6-9-23(21)8-4-12-30(15-23)14-19-13-24-16-27-19/h2-3,5,10,13,16H,4,6-9,11-12,14-15H2,1H3,(H,24,27)(H,26,28,29). The summed E-state index contributed by atoms with van der Waals surface area (Å²) in [5.74, 6) is 1.89. The van der Waals surface area contributed by atoms with Crippen molar-refractivity contribution in [1.82, 2.24) is 29.8 Å². The lowest BCUT2D eigenvalue weighted by atomic mass is 9.77. The molecule has 2 N–H and O–H groups in total. The van der Waals surface area contributed by atoms with Gasteiger partial charge in [0.1, 0.15) is 11.6 Å². The number of pyridine rings is 1. The number of aromatic nitrogens is 5. The molecule has 0 amide bonds. The summed E-state index contributed by atoms with van der Waals surface area (Å²) in [6.07, 6.45) is 11.1. The van der Waals surface area contributed by atoms with E-state index in [2.05, 4.69) is 31.2 Å². The average Bonchev–Trinajstić information content (AvgIpc) is 3.38. The molecule has 7 heteroatoms. The molecule has 5 rings (SSSR count). The Bertz CT molecular complexity index is 986. The number of fused-ring (bicyclic) bond motifs is 2. The third-order valence-corrected chi connectivity index (χ3v) is 6.48. The molecule has 0 aromatic carbocycles. The van der Waals surface area contributed by atoms with Gasteiger partial charge in [0.2, 0.25) is 0 Å². The van der Waals surface area contributed by atoms with Crippen LogP contribution in [0.2, 0.25) is 0 Å². The zero-order valence-corrected chi connectivity index (χ0v) is 17.6. The van der Waals surface area contributed by atoms with E-state index in [9.17, 15) is 0 Å². The van der Waals surface area contributed by atoms with Crippen molar-refractivity contribution in [2.75, 3.05) is 25.0 Å². The Morgan fingerprint density at radius 3 is 3.03 bits per heavy atom. The molecule has 1 fully saturated rings. The van der Waals surface area contributed by atoms with Gasteiger partial charge in [-0.1, -0.05) is 6.07 Å². The van der Waals surface area contributed by atoms with Gasteiger partial charge >= 0.3 is 0 Å². The van der Waals surface area contributed by atoms with E-state index in [1.165, 1.54) is 29.8 Å². The second-order valence-electron chi connectivity index (χ2n) is 8.62. The Kier molecular flexibility index (Phi) is 5.21. The van der Waals surface area contributed by atoms with Crippen LogP contribution < -0.4 is 5.32 Å². The lowest BCUT2D eigenvalue weighted by Crippen LogP contribution is -2.45. The lowest BCUT2D eigenvalue weighted by Gasteiger charge is -2.40. The number of hydrogen-bond donors (Lipinski definition) is 2. The Morgan fingerprint density at radius 2 is 2.20 bits per heavy atom. The van der Waals surface area contributed by atoms with Crippen LogP contribution in [0.3, 0.4) is 0 Å². The number of hydrogen-bond acceptors (Lipinski definition) is 6. The third kappa shape index (κ3) is 3.81. The van der Waals surface area contributed by atoms with Crippen molar-refractivity contribution in [1.29, 1.82) is 0 Å². The van der Waals surface area contributed by atoms with Crippen molar-refractivity contribution in [2.24, 2.45) is 0 Å². The summed E-state index contributed by atoms with van der Waals surface area (Å²) in [7, 11) is 0. The van der Waals surface area contributed by atoms with Gasteiger partial charge in [0, 0.05) is 60.8 Å². The molecule has 1 aliphatic heterocycles. The molecule has 3 aromatic heterocycles. The number of aryl methyl sites for hydroxylation is 1.